The van der Waals surface area contributed by atoms with Crippen molar-refractivity contribution < 1.29 is 14.3 Å². The molecule has 2 heterocycles. The smallest absolute Gasteiger partial charge is 0.271 e. The highest BCUT2D eigenvalue weighted by atomic mass is 16.5. The molecule has 4 rings (SSSR count). The molecule has 1 amide bonds. The summed E-state index contributed by atoms with van der Waals surface area (Å²) in [5.41, 5.74) is 1.76. The fraction of sp³-hybridized carbons (Fsp3) is 0.318. The van der Waals surface area contributed by atoms with Gasteiger partial charge in [-0.2, -0.15) is 4.99 Å². The van der Waals surface area contributed by atoms with E-state index in [0.29, 0.717) is 17.3 Å². The summed E-state index contributed by atoms with van der Waals surface area (Å²) in [5, 5.41) is 3.15. The van der Waals surface area contributed by atoms with Gasteiger partial charge >= 0.3 is 0 Å². The Morgan fingerprint density at radius 2 is 1.69 bits per heavy atom. The van der Waals surface area contributed by atoms with Crippen LogP contribution in [0, 0.1) is 0 Å². The summed E-state index contributed by atoms with van der Waals surface area (Å²) in [6, 6.07) is 16.6. The van der Waals surface area contributed by atoms with Crippen molar-refractivity contribution in [2.45, 2.75) is 12.5 Å². The van der Waals surface area contributed by atoms with E-state index in [1.54, 1.807) is 31.4 Å². The Kier molecular flexibility index (Phi) is 5.46. The van der Waals surface area contributed by atoms with Crippen LogP contribution in [0.2, 0.25) is 0 Å². The summed E-state index contributed by atoms with van der Waals surface area (Å²) in [4.78, 5) is 33.4. The van der Waals surface area contributed by atoms with Crippen molar-refractivity contribution in [2.75, 3.05) is 38.2 Å². The number of aliphatic imine (C=N–C) groups is 1. The van der Waals surface area contributed by atoms with Crippen LogP contribution in [0.5, 0.6) is 5.75 Å². The van der Waals surface area contributed by atoms with Gasteiger partial charge in [0, 0.05) is 43.9 Å². The molecule has 1 atom stereocenters. The molecule has 0 aromatic heterocycles. The van der Waals surface area contributed by atoms with Crippen LogP contribution in [-0.4, -0.2) is 61.9 Å². The summed E-state index contributed by atoms with van der Waals surface area (Å²) in [6.07, 6.45) is 0.0855. The van der Waals surface area contributed by atoms with E-state index in [0.717, 1.165) is 26.2 Å². The molecule has 29 heavy (non-hydrogen) atoms. The number of methoxy groups -OCH3 is 1. The van der Waals surface area contributed by atoms with Crippen LogP contribution >= 0.6 is 0 Å². The monoisotopic (exact) mass is 392 g/mol. The second kappa shape index (κ2) is 8.34. The van der Waals surface area contributed by atoms with E-state index in [-0.39, 0.29) is 18.1 Å². The van der Waals surface area contributed by atoms with Gasteiger partial charge in [-0.05, 0) is 36.4 Å². The summed E-state index contributed by atoms with van der Waals surface area (Å²) >= 11 is 0. The van der Waals surface area contributed by atoms with Crippen molar-refractivity contribution in [3.05, 3.63) is 60.2 Å². The summed E-state index contributed by atoms with van der Waals surface area (Å²) in [6.45, 7) is 3.25. The van der Waals surface area contributed by atoms with Gasteiger partial charge in [-0.3, -0.25) is 9.59 Å². The highest BCUT2D eigenvalue weighted by Gasteiger charge is 2.32. The standard InChI is InChI=1S/C22H24N4O3/c1-29-18-9-7-16(8-10-18)20(27)15-19-21(28)24-22(23-19)26-13-11-25(12-14-26)17-5-3-2-4-6-17/h2-10,19H,11-15H2,1H3,(H,23,24,28). The van der Waals surface area contributed by atoms with Crippen molar-refractivity contribution in [3.63, 3.8) is 0 Å². The number of piperazine rings is 1. The zero-order chi connectivity index (χ0) is 20.2. The molecule has 2 aliphatic heterocycles. The summed E-state index contributed by atoms with van der Waals surface area (Å²) in [5.74, 6) is 0.892. The number of amides is 1. The number of guanidine groups is 1. The average molecular weight is 392 g/mol. The Labute approximate surface area is 170 Å². The second-order valence-electron chi connectivity index (χ2n) is 7.14. The van der Waals surface area contributed by atoms with Crippen LogP contribution < -0.4 is 15.0 Å². The molecule has 0 bridgehead atoms. The van der Waals surface area contributed by atoms with E-state index in [2.05, 4.69) is 32.2 Å². The first-order chi connectivity index (χ1) is 14.1. The fourth-order valence-electron chi connectivity index (χ4n) is 3.63. The molecule has 2 aliphatic rings. The van der Waals surface area contributed by atoms with Crippen LogP contribution in [0.3, 0.4) is 0 Å². The van der Waals surface area contributed by atoms with Gasteiger partial charge in [0.15, 0.2) is 5.78 Å². The Balaban J connectivity index is 1.32. The highest BCUT2D eigenvalue weighted by Crippen LogP contribution is 2.18. The zero-order valence-corrected chi connectivity index (χ0v) is 16.4. The summed E-state index contributed by atoms with van der Waals surface area (Å²) in [7, 11) is 1.58. The molecule has 0 spiro atoms. The van der Waals surface area contributed by atoms with Gasteiger partial charge in [-0.1, -0.05) is 18.2 Å². The maximum Gasteiger partial charge on any atom is 0.271 e. The molecule has 1 unspecified atom stereocenters. The molecule has 0 aliphatic carbocycles. The molecule has 7 heteroatoms. The molecule has 0 saturated carbocycles. The van der Waals surface area contributed by atoms with E-state index >= 15 is 0 Å². The van der Waals surface area contributed by atoms with E-state index < -0.39 is 6.04 Å². The molecular weight excluding hydrogens is 368 g/mol. The lowest BCUT2D eigenvalue weighted by Crippen LogP contribution is -2.52. The number of rotatable bonds is 5. The Hall–Kier alpha value is -3.35. The third-order valence-electron chi connectivity index (χ3n) is 5.32. The first kappa shape index (κ1) is 19.0. The summed E-state index contributed by atoms with van der Waals surface area (Å²) < 4.78 is 5.11. The average Bonchev–Trinajstić information content (AvgIpc) is 3.14. The van der Waals surface area contributed by atoms with Gasteiger partial charge in [0.2, 0.25) is 5.96 Å². The lowest BCUT2D eigenvalue weighted by atomic mass is 10.0. The number of hydrogen-bond acceptors (Lipinski definition) is 6. The zero-order valence-electron chi connectivity index (χ0n) is 16.4. The maximum atomic E-state index is 12.5. The molecule has 1 N–H and O–H groups in total. The number of para-hydroxylation sites is 1. The first-order valence-corrected chi connectivity index (χ1v) is 9.75. The number of nitrogens with one attached hydrogen (secondary N) is 1. The third-order valence-corrected chi connectivity index (χ3v) is 5.32. The molecule has 2 aromatic rings. The Bertz CT molecular complexity index is 903. The number of Topliss-reactive ketones (excluding diaryl/α,β-unsaturated/α-hetero) is 1. The number of hydrogen-bond donors (Lipinski definition) is 1. The van der Waals surface area contributed by atoms with Gasteiger partial charge in [0.1, 0.15) is 11.8 Å². The highest BCUT2D eigenvalue weighted by molar-refractivity contribution is 6.07. The van der Waals surface area contributed by atoms with Crippen molar-refractivity contribution in [1.82, 2.24) is 10.2 Å². The molecule has 0 radical (unpaired) electrons. The molecule has 150 valence electrons. The van der Waals surface area contributed by atoms with Crippen molar-refractivity contribution >= 4 is 23.3 Å². The molecule has 1 saturated heterocycles. The lowest BCUT2D eigenvalue weighted by molar-refractivity contribution is -0.118. The van der Waals surface area contributed by atoms with Gasteiger partial charge in [0.25, 0.3) is 5.91 Å². The van der Waals surface area contributed by atoms with Crippen LogP contribution in [0.4, 0.5) is 5.69 Å². The fourth-order valence-corrected chi connectivity index (χ4v) is 3.63. The largest absolute Gasteiger partial charge is 0.497 e. The van der Waals surface area contributed by atoms with Crippen LogP contribution in [-0.2, 0) is 4.79 Å². The van der Waals surface area contributed by atoms with Crippen molar-refractivity contribution in [1.29, 1.82) is 0 Å². The van der Waals surface area contributed by atoms with E-state index in [4.69, 9.17) is 4.74 Å². The molecule has 1 fully saturated rings. The SMILES string of the molecule is COc1ccc(C(=O)CC2NC(N3CCN(c4ccccc4)CC3)=NC2=O)cc1. The predicted octanol–water partition coefficient (Wildman–Crippen LogP) is 1.94. The minimum Gasteiger partial charge on any atom is -0.497 e. The lowest BCUT2D eigenvalue weighted by Gasteiger charge is -2.37. The third kappa shape index (κ3) is 4.23. The molecule has 2 aromatic carbocycles. The van der Waals surface area contributed by atoms with E-state index in [9.17, 15) is 9.59 Å². The van der Waals surface area contributed by atoms with Crippen LogP contribution in [0.15, 0.2) is 59.6 Å². The maximum absolute atomic E-state index is 12.5. The van der Waals surface area contributed by atoms with Gasteiger partial charge in [0.05, 0.1) is 7.11 Å². The van der Waals surface area contributed by atoms with E-state index in [1.807, 2.05) is 18.2 Å². The predicted molar refractivity (Wildman–Crippen MR) is 112 cm³/mol. The number of anilines is 1. The van der Waals surface area contributed by atoms with Gasteiger partial charge < -0.3 is 19.9 Å². The normalized spacial score (nSPS) is 19.0. The van der Waals surface area contributed by atoms with E-state index in [1.165, 1.54) is 5.69 Å². The number of nitrogens with zero attached hydrogens (tertiary/aromatic N) is 3. The Morgan fingerprint density at radius 1 is 1.03 bits per heavy atom. The second-order valence-corrected chi connectivity index (χ2v) is 7.14. The Morgan fingerprint density at radius 3 is 2.34 bits per heavy atom. The number of carbonyl (C=O) groups excluding carboxylic acids is 2. The van der Waals surface area contributed by atoms with Gasteiger partial charge in [-0.15, -0.1) is 0 Å². The van der Waals surface area contributed by atoms with Crippen LogP contribution in [0.1, 0.15) is 16.8 Å². The molecule has 7 nitrogen and oxygen atoms in total. The topological polar surface area (TPSA) is 74.2 Å². The first-order valence-electron chi connectivity index (χ1n) is 9.75. The minimum absolute atomic E-state index is 0.0855. The number of ether oxygens (including phenoxy) is 1. The van der Waals surface area contributed by atoms with Crippen molar-refractivity contribution in [2.24, 2.45) is 4.99 Å². The number of ketones is 1. The quantitative estimate of drug-likeness (QED) is 0.784. The number of benzene rings is 2. The van der Waals surface area contributed by atoms with Crippen molar-refractivity contribution in [3.8, 4) is 5.75 Å². The number of carbonyl (C=O) groups is 2. The van der Waals surface area contributed by atoms with Crippen LogP contribution in [0.25, 0.3) is 0 Å². The van der Waals surface area contributed by atoms with Gasteiger partial charge in [-0.25, -0.2) is 0 Å². The molecular formula is C22H24N4O3. The minimum atomic E-state index is -0.605.